The predicted octanol–water partition coefficient (Wildman–Crippen LogP) is 5.50. The van der Waals surface area contributed by atoms with E-state index in [4.69, 9.17) is 11.6 Å². The van der Waals surface area contributed by atoms with Gasteiger partial charge in [0.25, 0.3) is 0 Å². The highest BCUT2D eigenvalue weighted by atomic mass is 127. The van der Waals surface area contributed by atoms with Crippen LogP contribution >= 0.6 is 50.1 Å². The summed E-state index contributed by atoms with van der Waals surface area (Å²) in [5.41, 5.74) is 1.66. The minimum atomic E-state index is -0.312. The smallest absolute Gasteiger partial charge is 0.161 e. The summed E-state index contributed by atoms with van der Waals surface area (Å²) in [4.78, 5) is 8.85. The average Bonchev–Trinajstić information content (AvgIpc) is 2.37. The molecule has 2 rings (SSSR count). The first-order chi connectivity index (χ1) is 9.38. The number of benzene rings is 1. The van der Waals surface area contributed by atoms with Crippen molar-refractivity contribution in [2.75, 3.05) is 0 Å². The van der Waals surface area contributed by atoms with Crippen molar-refractivity contribution >= 4 is 50.1 Å². The molecule has 0 aliphatic rings. The first-order valence-corrected chi connectivity index (χ1v) is 8.30. The van der Waals surface area contributed by atoms with E-state index in [0.717, 1.165) is 21.2 Å². The molecule has 0 saturated carbocycles. The van der Waals surface area contributed by atoms with Crippen molar-refractivity contribution < 1.29 is 4.39 Å². The van der Waals surface area contributed by atoms with Crippen LogP contribution in [0.3, 0.4) is 0 Å². The number of halogens is 4. The zero-order valence-electron chi connectivity index (χ0n) is 10.9. The summed E-state index contributed by atoms with van der Waals surface area (Å²) in [6.07, 6.45) is 0.829. The number of nitrogens with zero attached hydrogens (tertiary/aromatic N) is 2. The average molecular weight is 470 g/mol. The molecule has 20 heavy (non-hydrogen) atoms. The maximum atomic E-state index is 13.3. The van der Waals surface area contributed by atoms with Crippen LogP contribution in [0.1, 0.15) is 19.5 Å². The molecule has 0 aliphatic heterocycles. The maximum absolute atomic E-state index is 13.3. The van der Waals surface area contributed by atoms with Crippen molar-refractivity contribution in [1.82, 2.24) is 9.97 Å². The molecule has 0 fully saturated rings. The molecule has 0 saturated heterocycles. The van der Waals surface area contributed by atoms with Crippen LogP contribution in [0.25, 0.3) is 11.4 Å². The molecule has 2 nitrogen and oxygen atoms in total. The molecule has 1 heterocycles. The van der Waals surface area contributed by atoms with E-state index in [2.05, 4.69) is 62.3 Å². The molecule has 0 bridgehead atoms. The lowest BCUT2D eigenvalue weighted by molar-refractivity contribution is 0.621. The Balaban J connectivity index is 2.51. The summed E-state index contributed by atoms with van der Waals surface area (Å²) in [6, 6.07) is 4.70. The molecule has 0 N–H and O–H groups in total. The lowest BCUT2D eigenvalue weighted by atomic mass is 10.1. The fraction of sp³-hybridized carbons (Fsp3) is 0.286. The Morgan fingerprint density at radius 2 is 2.05 bits per heavy atom. The topological polar surface area (TPSA) is 25.8 Å². The van der Waals surface area contributed by atoms with Crippen molar-refractivity contribution in [3.05, 3.63) is 42.9 Å². The van der Waals surface area contributed by atoms with Crippen LogP contribution in [-0.2, 0) is 6.42 Å². The first kappa shape index (κ1) is 16.1. The molecule has 0 aliphatic carbocycles. The van der Waals surface area contributed by atoms with Crippen molar-refractivity contribution in [2.24, 2.45) is 5.92 Å². The minimum Gasteiger partial charge on any atom is -0.232 e. The second-order valence-electron chi connectivity index (χ2n) is 4.83. The van der Waals surface area contributed by atoms with Crippen molar-refractivity contribution in [2.45, 2.75) is 20.3 Å². The van der Waals surface area contributed by atoms with Gasteiger partial charge in [-0.25, -0.2) is 14.4 Å². The van der Waals surface area contributed by atoms with Gasteiger partial charge in [-0.2, -0.15) is 0 Å². The van der Waals surface area contributed by atoms with Gasteiger partial charge in [0.2, 0.25) is 0 Å². The third-order valence-corrected chi connectivity index (χ3v) is 4.99. The van der Waals surface area contributed by atoms with Gasteiger partial charge in [-0.05, 0) is 69.1 Å². The molecule has 0 unspecified atom stereocenters. The SMILES string of the molecule is CC(C)Cc1nc(-c2ccc(F)c(Br)c2)nc(Cl)c1I. The molecular formula is C14H12BrClFIN2. The lowest BCUT2D eigenvalue weighted by Crippen LogP contribution is -2.04. The van der Waals surface area contributed by atoms with Gasteiger partial charge in [0.15, 0.2) is 5.82 Å². The molecule has 6 heteroatoms. The highest BCUT2D eigenvalue weighted by Gasteiger charge is 2.14. The molecule has 0 amide bonds. The summed E-state index contributed by atoms with van der Waals surface area (Å²) in [7, 11) is 0. The van der Waals surface area contributed by atoms with Crippen LogP contribution < -0.4 is 0 Å². The standard InChI is InChI=1S/C14H12BrClFIN2/c1-7(2)5-11-12(18)13(16)20-14(19-11)8-3-4-10(17)9(15)6-8/h3-4,6-7H,5H2,1-2H3. The summed E-state index contributed by atoms with van der Waals surface area (Å²) >= 11 is 11.5. The maximum Gasteiger partial charge on any atom is 0.161 e. The molecule has 0 atom stereocenters. The Morgan fingerprint density at radius 3 is 2.65 bits per heavy atom. The Morgan fingerprint density at radius 1 is 1.35 bits per heavy atom. The normalized spacial score (nSPS) is 11.2. The Hall–Kier alpha value is -0.270. The van der Waals surface area contributed by atoms with E-state index in [-0.39, 0.29) is 5.82 Å². The molecule has 1 aromatic heterocycles. The highest BCUT2D eigenvalue weighted by molar-refractivity contribution is 14.1. The van der Waals surface area contributed by atoms with Crippen LogP contribution in [0.4, 0.5) is 4.39 Å². The van der Waals surface area contributed by atoms with Gasteiger partial charge < -0.3 is 0 Å². The highest BCUT2D eigenvalue weighted by Crippen LogP contribution is 2.27. The van der Waals surface area contributed by atoms with Gasteiger partial charge in [-0.3, -0.25) is 0 Å². The predicted molar refractivity (Wildman–Crippen MR) is 91.4 cm³/mol. The minimum absolute atomic E-state index is 0.312. The molecular weight excluding hydrogens is 457 g/mol. The third kappa shape index (κ3) is 3.68. The monoisotopic (exact) mass is 468 g/mol. The summed E-state index contributed by atoms with van der Waals surface area (Å²) in [5, 5.41) is 0.437. The van der Waals surface area contributed by atoms with E-state index in [1.165, 1.54) is 6.07 Å². The number of hydrogen-bond donors (Lipinski definition) is 0. The van der Waals surface area contributed by atoms with Gasteiger partial charge in [0, 0.05) is 5.56 Å². The summed E-state index contributed by atoms with van der Waals surface area (Å²) in [6.45, 7) is 4.25. The van der Waals surface area contributed by atoms with Gasteiger partial charge >= 0.3 is 0 Å². The van der Waals surface area contributed by atoms with Gasteiger partial charge in [0.1, 0.15) is 11.0 Å². The largest absolute Gasteiger partial charge is 0.232 e. The molecule has 0 radical (unpaired) electrons. The third-order valence-electron chi connectivity index (χ3n) is 2.66. The molecule has 2 aromatic rings. The van der Waals surface area contributed by atoms with E-state index in [1.54, 1.807) is 12.1 Å². The van der Waals surface area contributed by atoms with Crippen LogP contribution in [0.2, 0.25) is 5.15 Å². The van der Waals surface area contributed by atoms with Crippen LogP contribution in [0.5, 0.6) is 0 Å². The fourth-order valence-electron chi connectivity index (χ4n) is 1.75. The quantitative estimate of drug-likeness (QED) is 0.438. The van der Waals surface area contributed by atoms with Gasteiger partial charge in [-0.15, -0.1) is 0 Å². The van der Waals surface area contributed by atoms with E-state index in [0.29, 0.717) is 21.4 Å². The number of rotatable bonds is 3. The number of hydrogen-bond acceptors (Lipinski definition) is 2. The Bertz CT molecular complexity index is 649. The lowest BCUT2D eigenvalue weighted by Gasteiger charge is -2.10. The fourth-order valence-corrected chi connectivity index (χ4v) is 2.78. The first-order valence-electron chi connectivity index (χ1n) is 6.05. The van der Waals surface area contributed by atoms with E-state index >= 15 is 0 Å². The van der Waals surface area contributed by atoms with Crippen molar-refractivity contribution in [3.63, 3.8) is 0 Å². The second-order valence-corrected chi connectivity index (χ2v) is 7.12. The molecule has 106 valence electrons. The molecule has 0 spiro atoms. The van der Waals surface area contributed by atoms with E-state index < -0.39 is 0 Å². The second kappa shape index (κ2) is 6.66. The van der Waals surface area contributed by atoms with E-state index in [1.807, 2.05) is 0 Å². The van der Waals surface area contributed by atoms with Crippen LogP contribution in [0, 0.1) is 15.3 Å². The molecule has 1 aromatic carbocycles. The zero-order valence-corrected chi connectivity index (χ0v) is 15.4. The Kier molecular flexibility index (Phi) is 5.36. The Labute approximate surface area is 144 Å². The van der Waals surface area contributed by atoms with Crippen molar-refractivity contribution in [1.29, 1.82) is 0 Å². The summed E-state index contributed by atoms with van der Waals surface area (Å²) < 4.78 is 14.6. The summed E-state index contributed by atoms with van der Waals surface area (Å²) in [5.74, 6) is 0.682. The number of aromatic nitrogens is 2. The van der Waals surface area contributed by atoms with Gasteiger partial charge in [0.05, 0.1) is 13.7 Å². The van der Waals surface area contributed by atoms with E-state index in [9.17, 15) is 4.39 Å². The van der Waals surface area contributed by atoms with Crippen LogP contribution in [0.15, 0.2) is 22.7 Å². The van der Waals surface area contributed by atoms with Crippen LogP contribution in [-0.4, -0.2) is 9.97 Å². The van der Waals surface area contributed by atoms with Gasteiger partial charge in [-0.1, -0.05) is 25.4 Å². The zero-order chi connectivity index (χ0) is 14.9. The van der Waals surface area contributed by atoms with Crippen molar-refractivity contribution in [3.8, 4) is 11.4 Å².